The molecule has 0 heterocycles. The van der Waals surface area contributed by atoms with Gasteiger partial charge in [-0.15, -0.1) is 0 Å². The van der Waals surface area contributed by atoms with Gasteiger partial charge in [0.15, 0.2) is 5.60 Å². The van der Waals surface area contributed by atoms with E-state index in [0.29, 0.717) is 5.92 Å². The Hall–Kier alpha value is -0.570. The topological polar surface area (TPSA) is 57.5 Å². The van der Waals surface area contributed by atoms with Crippen molar-refractivity contribution in [3.8, 4) is 0 Å². The third-order valence-electron chi connectivity index (χ3n) is 3.78. The maximum Gasteiger partial charge on any atom is 0.336 e. The summed E-state index contributed by atoms with van der Waals surface area (Å²) in [6.45, 7) is 5.70. The van der Waals surface area contributed by atoms with Crippen LogP contribution in [0.2, 0.25) is 0 Å². The number of carboxylic acid groups (broad SMARTS) is 1. The molecule has 88 valence electrons. The first-order valence-electron chi connectivity index (χ1n) is 5.84. The van der Waals surface area contributed by atoms with Crippen LogP contribution in [0.1, 0.15) is 46.5 Å². The summed E-state index contributed by atoms with van der Waals surface area (Å²) < 4.78 is 0. The van der Waals surface area contributed by atoms with Crippen LogP contribution < -0.4 is 0 Å². The number of carboxylic acids is 1. The SMILES string of the molecule is CC1CCCC(C(O)(C(=O)O)C(C)C)C1. The Kier molecular flexibility index (Phi) is 3.77. The van der Waals surface area contributed by atoms with Crippen LogP contribution in [0.3, 0.4) is 0 Å². The van der Waals surface area contributed by atoms with Gasteiger partial charge in [0, 0.05) is 0 Å². The highest BCUT2D eigenvalue weighted by Crippen LogP contribution is 2.39. The van der Waals surface area contributed by atoms with E-state index in [1.165, 1.54) is 0 Å². The second-order valence-corrected chi connectivity index (χ2v) is 5.25. The molecule has 0 radical (unpaired) electrons. The van der Waals surface area contributed by atoms with Crippen molar-refractivity contribution in [3.63, 3.8) is 0 Å². The molecule has 1 rings (SSSR count). The Morgan fingerprint density at radius 3 is 2.40 bits per heavy atom. The van der Waals surface area contributed by atoms with E-state index < -0.39 is 11.6 Å². The lowest BCUT2D eigenvalue weighted by molar-refractivity contribution is -0.174. The third kappa shape index (κ3) is 2.33. The van der Waals surface area contributed by atoms with Crippen molar-refractivity contribution in [2.75, 3.05) is 0 Å². The maximum absolute atomic E-state index is 11.2. The van der Waals surface area contributed by atoms with E-state index in [4.69, 9.17) is 0 Å². The molecule has 1 saturated carbocycles. The first-order chi connectivity index (χ1) is 6.89. The summed E-state index contributed by atoms with van der Waals surface area (Å²) in [5, 5.41) is 19.5. The van der Waals surface area contributed by atoms with E-state index in [0.717, 1.165) is 25.7 Å². The van der Waals surface area contributed by atoms with E-state index in [-0.39, 0.29) is 11.8 Å². The highest BCUT2D eigenvalue weighted by atomic mass is 16.4. The molecule has 0 bridgehead atoms. The minimum absolute atomic E-state index is 0.0845. The van der Waals surface area contributed by atoms with Crippen molar-refractivity contribution in [3.05, 3.63) is 0 Å². The Balaban J connectivity index is 2.84. The molecular formula is C12H22O3. The van der Waals surface area contributed by atoms with Gasteiger partial charge in [0.2, 0.25) is 0 Å². The van der Waals surface area contributed by atoms with Crippen molar-refractivity contribution in [2.45, 2.75) is 52.1 Å². The molecule has 1 aliphatic rings. The minimum atomic E-state index is -1.53. The van der Waals surface area contributed by atoms with Gasteiger partial charge in [0.1, 0.15) is 0 Å². The third-order valence-corrected chi connectivity index (χ3v) is 3.78. The summed E-state index contributed by atoms with van der Waals surface area (Å²) >= 11 is 0. The van der Waals surface area contributed by atoms with E-state index in [1.807, 2.05) is 0 Å². The lowest BCUT2D eigenvalue weighted by Crippen LogP contribution is -2.51. The number of aliphatic carboxylic acids is 1. The van der Waals surface area contributed by atoms with Crippen LogP contribution in [0, 0.1) is 17.8 Å². The summed E-state index contributed by atoms with van der Waals surface area (Å²) in [6, 6.07) is 0. The standard InChI is InChI=1S/C12H22O3/c1-8(2)12(15,11(13)14)10-6-4-5-9(3)7-10/h8-10,15H,4-7H2,1-3H3,(H,13,14). The number of rotatable bonds is 3. The molecule has 3 unspecified atom stereocenters. The molecule has 2 N–H and O–H groups in total. The Morgan fingerprint density at radius 2 is 2.00 bits per heavy atom. The number of carbonyl (C=O) groups is 1. The zero-order chi connectivity index (χ0) is 11.6. The quantitative estimate of drug-likeness (QED) is 0.757. The molecule has 3 atom stereocenters. The summed E-state index contributed by atoms with van der Waals surface area (Å²) in [5.74, 6) is -0.839. The highest BCUT2D eigenvalue weighted by Gasteiger charge is 2.47. The largest absolute Gasteiger partial charge is 0.479 e. The van der Waals surface area contributed by atoms with Gasteiger partial charge in [-0.05, 0) is 30.6 Å². The average Bonchev–Trinajstić information content (AvgIpc) is 2.15. The van der Waals surface area contributed by atoms with Crippen LogP contribution in [0.25, 0.3) is 0 Å². The summed E-state index contributed by atoms with van der Waals surface area (Å²) in [6.07, 6.45) is 3.87. The van der Waals surface area contributed by atoms with Crippen LogP contribution in [0.4, 0.5) is 0 Å². The Bertz CT molecular complexity index is 237. The van der Waals surface area contributed by atoms with Gasteiger partial charge in [-0.2, -0.15) is 0 Å². The molecule has 0 aromatic rings. The zero-order valence-electron chi connectivity index (χ0n) is 9.86. The molecular weight excluding hydrogens is 192 g/mol. The minimum Gasteiger partial charge on any atom is -0.479 e. The van der Waals surface area contributed by atoms with E-state index >= 15 is 0 Å². The van der Waals surface area contributed by atoms with E-state index in [9.17, 15) is 15.0 Å². The molecule has 15 heavy (non-hydrogen) atoms. The predicted octanol–water partition coefficient (Wildman–Crippen LogP) is 2.28. The zero-order valence-corrected chi connectivity index (χ0v) is 9.86. The monoisotopic (exact) mass is 214 g/mol. The molecule has 0 aromatic heterocycles. The molecule has 0 saturated heterocycles. The van der Waals surface area contributed by atoms with Gasteiger partial charge < -0.3 is 10.2 Å². The lowest BCUT2D eigenvalue weighted by Gasteiger charge is -2.39. The molecule has 0 amide bonds. The summed E-state index contributed by atoms with van der Waals surface area (Å²) in [4.78, 5) is 11.2. The van der Waals surface area contributed by atoms with Gasteiger partial charge in [0.25, 0.3) is 0 Å². The summed E-state index contributed by atoms with van der Waals surface area (Å²) in [7, 11) is 0. The smallest absolute Gasteiger partial charge is 0.336 e. The fourth-order valence-corrected chi connectivity index (χ4v) is 2.73. The van der Waals surface area contributed by atoms with Gasteiger partial charge in [-0.25, -0.2) is 4.79 Å². The lowest BCUT2D eigenvalue weighted by atomic mass is 9.69. The van der Waals surface area contributed by atoms with Gasteiger partial charge in [0.05, 0.1) is 0 Å². The van der Waals surface area contributed by atoms with Gasteiger partial charge in [-0.1, -0.05) is 33.6 Å². The van der Waals surface area contributed by atoms with E-state index in [1.54, 1.807) is 13.8 Å². The Morgan fingerprint density at radius 1 is 1.40 bits per heavy atom. The molecule has 0 spiro atoms. The molecule has 3 heteroatoms. The fourth-order valence-electron chi connectivity index (χ4n) is 2.73. The second kappa shape index (κ2) is 4.52. The normalized spacial score (nSPS) is 31.3. The maximum atomic E-state index is 11.2. The van der Waals surface area contributed by atoms with Crippen LogP contribution in [-0.4, -0.2) is 21.8 Å². The van der Waals surface area contributed by atoms with Gasteiger partial charge in [-0.3, -0.25) is 0 Å². The molecule has 0 aliphatic heterocycles. The molecule has 3 nitrogen and oxygen atoms in total. The average molecular weight is 214 g/mol. The predicted molar refractivity (Wildman–Crippen MR) is 58.5 cm³/mol. The first kappa shape index (κ1) is 12.5. The van der Waals surface area contributed by atoms with Crippen LogP contribution in [-0.2, 0) is 4.79 Å². The van der Waals surface area contributed by atoms with Crippen molar-refractivity contribution < 1.29 is 15.0 Å². The number of hydrogen-bond donors (Lipinski definition) is 2. The molecule has 1 fully saturated rings. The molecule has 1 aliphatic carbocycles. The highest BCUT2D eigenvalue weighted by molar-refractivity contribution is 5.78. The van der Waals surface area contributed by atoms with Crippen LogP contribution in [0.5, 0.6) is 0 Å². The summed E-state index contributed by atoms with van der Waals surface area (Å²) in [5.41, 5.74) is -1.53. The first-order valence-corrected chi connectivity index (χ1v) is 5.84. The molecule has 0 aromatic carbocycles. The van der Waals surface area contributed by atoms with E-state index in [2.05, 4.69) is 6.92 Å². The van der Waals surface area contributed by atoms with Crippen molar-refractivity contribution >= 4 is 5.97 Å². The number of hydrogen-bond acceptors (Lipinski definition) is 2. The number of aliphatic hydroxyl groups is 1. The second-order valence-electron chi connectivity index (χ2n) is 5.25. The Labute approximate surface area is 91.5 Å². The van der Waals surface area contributed by atoms with Crippen molar-refractivity contribution in [1.29, 1.82) is 0 Å². The van der Waals surface area contributed by atoms with Crippen LogP contribution in [0.15, 0.2) is 0 Å². The van der Waals surface area contributed by atoms with Crippen molar-refractivity contribution in [2.24, 2.45) is 17.8 Å². The fraction of sp³-hybridized carbons (Fsp3) is 0.917. The van der Waals surface area contributed by atoms with Gasteiger partial charge >= 0.3 is 5.97 Å². The van der Waals surface area contributed by atoms with Crippen LogP contribution >= 0.6 is 0 Å². The van der Waals surface area contributed by atoms with Crippen molar-refractivity contribution in [1.82, 2.24) is 0 Å².